The number of rotatable bonds is 4. The summed E-state index contributed by atoms with van der Waals surface area (Å²) in [5.74, 6) is -0.244. The minimum atomic E-state index is -0.444. The molecule has 6 heteroatoms. The van der Waals surface area contributed by atoms with Gasteiger partial charge in [0.25, 0.3) is 0 Å². The molecule has 0 unspecified atom stereocenters. The van der Waals surface area contributed by atoms with Crippen LogP contribution < -0.4 is 16.4 Å². The summed E-state index contributed by atoms with van der Waals surface area (Å²) in [4.78, 5) is 23.3. The monoisotopic (exact) mass is 299 g/mol. The highest BCUT2D eigenvalue weighted by atomic mass is 35.5. The van der Waals surface area contributed by atoms with Crippen LogP contribution in [0.25, 0.3) is 0 Å². The first-order chi connectivity index (χ1) is 8.80. The van der Waals surface area contributed by atoms with Crippen LogP contribution in [0.5, 0.6) is 0 Å². The van der Waals surface area contributed by atoms with Crippen molar-refractivity contribution in [2.45, 2.75) is 27.2 Å². The molecule has 2 amide bonds. The number of para-hydroxylation sites is 2. The summed E-state index contributed by atoms with van der Waals surface area (Å²) in [7, 11) is 0. The summed E-state index contributed by atoms with van der Waals surface area (Å²) < 4.78 is 0. The van der Waals surface area contributed by atoms with Crippen molar-refractivity contribution in [1.29, 1.82) is 0 Å². The van der Waals surface area contributed by atoms with Crippen LogP contribution in [-0.4, -0.2) is 18.4 Å². The van der Waals surface area contributed by atoms with Gasteiger partial charge in [-0.15, -0.1) is 12.4 Å². The number of nitrogen functional groups attached to an aromatic ring is 1. The number of anilines is 2. The lowest BCUT2D eigenvalue weighted by atomic mass is 9.96. The van der Waals surface area contributed by atoms with Crippen LogP contribution in [0.3, 0.4) is 0 Å². The summed E-state index contributed by atoms with van der Waals surface area (Å²) in [5, 5.41) is 5.43. The molecule has 0 aromatic heterocycles. The van der Waals surface area contributed by atoms with Crippen LogP contribution in [0.2, 0.25) is 0 Å². The molecule has 1 aromatic carbocycles. The zero-order valence-electron chi connectivity index (χ0n) is 12.0. The zero-order valence-corrected chi connectivity index (χ0v) is 12.8. The maximum Gasteiger partial charge on any atom is 0.226 e. The number of hydrogen-bond acceptors (Lipinski definition) is 3. The Morgan fingerprint density at radius 2 is 1.80 bits per heavy atom. The van der Waals surface area contributed by atoms with E-state index in [9.17, 15) is 9.59 Å². The number of carbonyl (C=O) groups is 2. The van der Waals surface area contributed by atoms with Crippen molar-refractivity contribution < 1.29 is 9.59 Å². The number of amides is 2. The molecule has 1 rings (SSSR count). The Morgan fingerprint density at radius 3 is 2.35 bits per heavy atom. The van der Waals surface area contributed by atoms with Gasteiger partial charge in [0.15, 0.2) is 0 Å². The van der Waals surface area contributed by atoms with Crippen LogP contribution in [0.1, 0.15) is 27.2 Å². The van der Waals surface area contributed by atoms with Crippen molar-refractivity contribution in [2.75, 3.05) is 17.6 Å². The highest BCUT2D eigenvalue weighted by Gasteiger charge is 2.20. The van der Waals surface area contributed by atoms with Crippen LogP contribution in [-0.2, 0) is 9.59 Å². The minimum Gasteiger partial charge on any atom is -0.397 e. The molecule has 0 saturated carbocycles. The molecule has 5 nitrogen and oxygen atoms in total. The van der Waals surface area contributed by atoms with E-state index < -0.39 is 5.41 Å². The van der Waals surface area contributed by atoms with E-state index in [0.29, 0.717) is 17.9 Å². The molecule has 1 aromatic rings. The first kappa shape index (κ1) is 18.2. The van der Waals surface area contributed by atoms with E-state index in [-0.39, 0.29) is 30.6 Å². The molecular formula is C14H22ClN3O2. The molecule has 0 aliphatic carbocycles. The molecular weight excluding hydrogens is 278 g/mol. The van der Waals surface area contributed by atoms with Crippen molar-refractivity contribution >= 4 is 35.6 Å². The number of hydrogen-bond donors (Lipinski definition) is 3. The van der Waals surface area contributed by atoms with E-state index in [0.717, 1.165) is 0 Å². The van der Waals surface area contributed by atoms with Crippen molar-refractivity contribution in [3.8, 4) is 0 Å². The van der Waals surface area contributed by atoms with E-state index in [1.54, 1.807) is 24.3 Å². The second-order valence-corrected chi connectivity index (χ2v) is 5.39. The molecule has 0 aliphatic heterocycles. The normalized spacial score (nSPS) is 10.3. The standard InChI is InChI=1S/C14H21N3O2.ClH/c1-14(2,3)13(19)16-9-8-12(18)17-11-7-5-4-6-10(11)15;/h4-7H,8-9,15H2,1-3H3,(H,16,19)(H,17,18);1H. The van der Waals surface area contributed by atoms with E-state index in [1.165, 1.54) is 0 Å². The summed E-state index contributed by atoms with van der Waals surface area (Å²) >= 11 is 0. The molecule has 0 aliphatic rings. The fourth-order valence-electron chi connectivity index (χ4n) is 1.38. The van der Waals surface area contributed by atoms with Crippen molar-refractivity contribution in [2.24, 2.45) is 5.41 Å². The van der Waals surface area contributed by atoms with E-state index in [2.05, 4.69) is 10.6 Å². The maximum atomic E-state index is 11.7. The van der Waals surface area contributed by atoms with Crippen LogP contribution in [0.15, 0.2) is 24.3 Å². The second kappa shape index (κ2) is 7.75. The fourth-order valence-corrected chi connectivity index (χ4v) is 1.38. The Bertz CT molecular complexity index is 470. The largest absolute Gasteiger partial charge is 0.397 e. The number of carbonyl (C=O) groups excluding carboxylic acids is 2. The third-order valence-corrected chi connectivity index (χ3v) is 2.55. The molecule has 4 N–H and O–H groups in total. The number of nitrogens with one attached hydrogen (secondary N) is 2. The van der Waals surface area contributed by atoms with Gasteiger partial charge in [-0.3, -0.25) is 9.59 Å². The SMILES string of the molecule is CC(C)(C)C(=O)NCCC(=O)Nc1ccccc1N.Cl. The van der Waals surface area contributed by atoms with E-state index in [1.807, 2.05) is 20.8 Å². The Balaban J connectivity index is 0.00000361. The summed E-state index contributed by atoms with van der Waals surface area (Å²) in [5.41, 5.74) is 6.39. The first-order valence-electron chi connectivity index (χ1n) is 6.23. The maximum absolute atomic E-state index is 11.7. The van der Waals surface area contributed by atoms with Gasteiger partial charge in [0.2, 0.25) is 11.8 Å². The molecule has 0 atom stereocenters. The van der Waals surface area contributed by atoms with Crippen molar-refractivity contribution in [3.05, 3.63) is 24.3 Å². The molecule has 0 radical (unpaired) electrons. The third-order valence-electron chi connectivity index (χ3n) is 2.55. The predicted molar refractivity (Wildman–Crippen MR) is 83.8 cm³/mol. The van der Waals surface area contributed by atoms with Gasteiger partial charge in [-0.2, -0.15) is 0 Å². The van der Waals surface area contributed by atoms with Gasteiger partial charge >= 0.3 is 0 Å². The topological polar surface area (TPSA) is 84.2 Å². The third kappa shape index (κ3) is 5.93. The number of halogens is 1. The highest BCUT2D eigenvalue weighted by Crippen LogP contribution is 2.16. The first-order valence-corrected chi connectivity index (χ1v) is 6.23. The molecule has 0 bridgehead atoms. The summed E-state index contributed by atoms with van der Waals surface area (Å²) in [6.45, 7) is 5.79. The van der Waals surface area contributed by atoms with Crippen LogP contribution in [0.4, 0.5) is 11.4 Å². The summed E-state index contributed by atoms with van der Waals surface area (Å²) in [6.07, 6.45) is 0.218. The Labute approximate surface area is 125 Å². The lowest BCUT2D eigenvalue weighted by Gasteiger charge is -2.17. The lowest BCUT2D eigenvalue weighted by molar-refractivity contribution is -0.128. The Hall–Kier alpha value is -1.75. The van der Waals surface area contributed by atoms with Gasteiger partial charge in [-0.25, -0.2) is 0 Å². The van der Waals surface area contributed by atoms with Crippen molar-refractivity contribution in [3.63, 3.8) is 0 Å². The molecule has 20 heavy (non-hydrogen) atoms. The van der Waals surface area contributed by atoms with Gasteiger partial charge < -0.3 is 16.4 Å². The van der Waals surface area contributed by atoms with Gasteiger partial charge in [0, 0.05) is 18.4 Å². The molecule has 112 valence electrons. The average Bonchev–Trinajstić information content (AvgIpc) is 2.31. The Kier molecular flexibility index (Phi) is 7.07. The molecule has 0 saturated heterocycles. The van der Waals surface area contributed by atoms with Gasteiger partial charge in [0.1, 0.15) is 0 Å². The molecule has 0 fully saturated rings. The van der Waals surface area contributed by atoms with E-state index in [4.69, 9.17) is 5.73 Å². The fraction of sp³-hybridized carbons (Fsp3) is 0.429. The Morgan fingerprint density at radius 1 is 1.20 bits per heavy atom. The van der Waals surface area contributed by atoms with Crippen molar-refractivity contribution in [1.82, 2.24) is 5.32 Å². The number of nitrogens with two attached hydrogens (primary N) is 1. The van der Waals surface area contributed by atoms with Gasteiger partial charge in [0.05, 0.1) is 11.4 Å². The van der Waals surface area contributed by atoms with Gasteiger partial charge in [-0.05, 0) is 12.1 Å². The molecule has 0 spiro atoms. The number of benzene rings is 1. The van der Waals surface area contributed by atoms with Crippen LogP contribution in [0, 0.1) is 5.41 Å². The zero-order chi connectivity index (χ0) is 14.5. The summed E-state index contributed by atoms with van der Waals surface area (Å²) in [6, 6.07) is 7.06. The highest BCUT2D eigenvalue weighted by molar-refractivity contribution is 5.94. The second-order valence-electron chi connectivity index (χ2n) is 5.39. The van der Waals surface area contributed by atoms with E-state index >= 15 is 0 Å². The van der Waals surface area contributed by atoms with Crippen LogP contribution >= 0.6 is 12.4 Å². The van der Waals surface area contributed by atoms with Gasteiger partial charge in [-0.1, -0.05) is 32.9 Å². The average molecular weight is 300 g/mol. The predicted octanol–water partition coefficient (Wildman–Crippen LogP) is 2.18. The lowest BCUT2D eigenvalue weighted by Crippen LogP contribution is -2.36. The smallest absolute Gasteiger partial charge is 0.226 e. The minimum absolute atomic E-state index is 0. The quantitative estimate of drug-likeness (QED) is 0.745. The molecule has 0 heterocycles.